The highest BCUT2D eigenvalue weighted by atomic mass is 19.4. The van der Waals surface area contributed by atoms with Crippen LogP contribution < -0.4 is 16.0 Å². The molecule has 1 amide bonds. The Labute approximate surface area is 181 Å². The molecule has 1 aliphatic rings. The van der Waals surface area contributed by atoms with Gasteiger partial charge >= 0.3 is 6.18 Å². The Kier molecular flexibility index (Phi) is 5.89. The number of allylic oxidation sites excluding steroid dienone is 2. The minimum Gasteiger partial charge on any atom is -0.357 e. The minimum absolute atomic E-state index is 0.124. The van der Waals surface area contributed by atoms with Gasteiger partial charge in [-0.2, -0.15) is 13.2 Å². The van der Waals surface area contributed by atoms with Gasteiger partial charge in [0.25, 0.3) is 5.91 Å². The largest absolute Gasteiger partial charge is 0.412 e. The topological polar surface area (TPSA) is 78.9 Å². The minimum atomic E-state index is -4.42. The average Bonchev–Trinajstić information content (AvgIpc) is 2.80. The highest BCUT2D eigenvalue weighted by Crippen LogP contribution is 2.27. The van der Waals surface area contributed by atoms with Gasteiger partial charge in [-0.25, -0.2) is 4.98 Å². The van der Waals surface area contributed by atoms with Crippen molar-refractivity contribution in [1.29, 1.82) is 0 Å². The second kappa shape index (κ2) is 8.93. The zero-order chi connectivity index (χ0) is 22.6. The quantitative estimate of drug-likeness (QED) is 0.538. The molecule has 0 bridgehead atoms. The first-order valence-corrected chi connectivity index (χ1v) is 9.66. The molecular formula is C23H18F3N5O. The molecule has 0 spiro atoms. The van der Waals surface area contributed by atoms with E-state index in [1.54, 1.807) is 18.5 Å². The number of carbonyl (C=O) groups excluding carboxylic acids is 1. The van der Waals surface area contributed by atoms with Crippen LogP contribution in [-0.4, -0.2) is 28.1 Å². The SMILES string of the molecule is O=C(Nc1cnccc1-c1ccccc1)c1ccnc(NC2=CC=CC(C(F)(F)F)N2)c1. The number of hydrogen-bond acceptors (Lipinski definition) is 5. The molecule has 1 aliphatic heterocycles. The van der Waals surface area contributed by atoms with Crippen molar-refractivity contribution in [3.05, 3.63) is 96.7 Å². The van der Waals surface area contributed by atoms with Crippen molar-refractivity contribution < 1.29 is 18.0 Å². The van der Waals surface area contributed by atoms with Crippen LogP contribution in [0.15, 0.2) is 91.2 Å². The van der Waals surface area contributed by atoms with Crippen LogP contribution in [0.1, 0.15) is 10.4 Å². The monoisotopic (exact) mass is 437 g/mol. The maximum atomic E-state index is 12.9. The summed E-state index contributed by atoms with van der Waals surface area (Å²) >= 11 is 0. The molecule has 0 radical (unpaired) electrons. The van der Waals surface area contributed by atoms with Gasteiger partial charge in [-0.15, -0.1) is 0 Å². The van der Waals surface area contributed by atoms with E-state index in [9.17, 15) is 18.0 Å². The third-order valence-electron chi connectivity index (χ3n) is 4.67. The number of pyridine rings is 2. The molecule has 1 atom stereocenters. The smallest absolute Gasteiger partial charge is 0.357 e. The summed E-state index contributed by atoms with van der Waals surface area (Å²) in [4.78, 5) is 21.0. The maximum Gasteiger partial charge on any atom is 0.412 e. The van der Waals surface area contributed by atoms with E-state index in [0.717, 1.165) is 17.2 Å². The Morgan fingerprint density at radius 2 is 1.88 bits per heavy atom. The van der Waals surface area contributed by atoms with Crippen molar-refractivity contribution in [1.82, 2.24) is 15.3 Å². The molecule has 0 aliphatic carbocycles. The van der Waals surface area contributed by atoms with Crippen LogP contribution in [0.3, 0.4) is 0 Å². The molecule has 3 N–H and O–H groups in total. The number of alkyl halides is 3. The molecule has 0 saturated heterocycles. The van der Waals surface area contributed by atoms with Crippen LogP contribution in [0.4, 0.5) is 24.7 Å². The third kappa shape index (κ3) is 4.94. The number of nitrogens with zero attached hydrogens (tertiary/aromatic N) is 2. The summed E-state index contributed by atoms with van der Waals surface area (Å²) in [5.41, 5.74) is 2.54. The highest BCUT2D eigenvalue weighted by molar-refractivity contribution is 6.06. The fourth-order valence-electron chi connectivity index (χ4n) is 3.13. The third-order valence-corrected chi connectivity index (χ3v) is 4.67. The Bertz CT molecular complexity index is 1180. The fraction of sp³-hybridized carbons (Fsp3) is 0.0870. The zero-order valence-electron chi connectivity index (χ0n) is 16.6. The highest BCUT2D eigenvalue weighted by Gasteiger charge is 2.38. The van der Waals surface area contributed by atoms with E-state index in [4.69, 9.17) is 0 Å². The lowest BCUT2D eigenvalue weighted by Gasteiger charge is -2.24. The predicted molar refractivity (Wildman–Crippen MR) is 116 cm³/mol. The lowest BCUT2D eigenvalue weighted by Crippen LogP contribution is -2.42. The van der Waals surface area contributed by atoms with Crippen molar-refractivity contribution in [2.24, 2.45) is 0 Å². The van der Waals surface area contributed by atoms with Gasteiger partial charge in [-0.05, 0) is 29.8 Å². The van der Waals surface area contributed by atoms with E-state index in [2.05, 4.69) is 25.9 Å². The number of halogens is 3. The van der Waals surface area contributed by atoms with Gasteiger partial charge in [0, 0.05) is 23.5 Å². The van der Waals surface area contributed by atoms with Crippen molar-refractivity contribution in [3.8, 4) is 11.1 Å². The summed E-state index contributed by atoms with van der Waals surface area (Å²) in [6.45, 7) is 0. The number of amides is 1. The molecule has 0 fully saturated rings. The number of carbonyl (C=O) groups is 1. The van der Waals surface area contributed by atoms with Gasteiger partial charge in [0.05, 0.1) is 11.9 Å². The molecule has 4 rings (SSSR count). The number of nitrogens with one attached hydrogen (secondary N) is 3. The van der Waals surface area contributed by atoms with Crippen LogP contribution in [-0.2, 0) is 0 Å². The summed E-state index contributed by atoms with van der Waals surface area (Å²) in [5, 5.41) is 7.96. The van der Waals surface area contributed by atoms with Crippen LogP contribution in [0, 0.1) is 0 Å². The van der Waals surface area contributed by atoms with E-state index in [-0.39, 0.29) is 17.2 Å². The van der Waals surface area contributed by atoms with E-state index < -0.39 is 18.1 Å². The fourth-order valence-corrected chi connectivity index (χ4v) is 3.13. The molecule has 3 heterocycles. The molecule has 9 heteroatoms. The van der Waals surface area contributed by atoms with Gasteiger partial charge < -0.3 is 16.0 Å². The van der Waals surface area contributed by atoms with Crippen molar-refractivity contribution in [2.75, 3.05) is 10.6 Å². The number of anilines is 2. The summed E-state index contributed by atoms with van der Waals surface area (Å²) in [6, 6.07) is 12.5. The molecule has 32 heavy (non-hydrogen) atoms. The predicted octanol–water partition coefficient (Wildman–Crippen LogP) is 4.74. The van der Waals surface area contributed by atoms with Crippen LogP contribution in [0.5, 0.6) is 0 Å². The van der Waals surface area contributed by atoms with Gasteiger partial charge in [0.15, 0.2) is 0 Å². The van der Waals surface area contributed by atoms with Crippen LogP contribution >= 0.6 is 0 Å². The Hall–Kier alpha value is -4.14. The van der Waals surface area contributed by atoms with E-state index in [1.807, 2.05) is 30.3 Å². The molecular weight excluding hydrogens is 419 g/mol. The molecule has 3 aromatic rings. The molecule has 162 valence electrons. The summed E-state index contributed by atoms with van der Waals surface area (Å²) < 4.78 is 38.8. The zero-order valence-corrected chi connectivity index (χ0v) is 16.6. The van der Waals surface area contributed by atoms with Crippen molar-refractivity contribution >= 4 is 17.4 Å². The number of hydrogen-bond donors (Lipinski definition) is 3. The van der Waals surface area contributed by atoms with Gasteiger partial charge in [0.2, 0.25) is 0 Å². The van der Waals surface area contributed by atoms with Crippen molar-refractivity contribution in [2.45, 2.75) is 12.2 Å². The van der Waals surface area contributed by atoms with Gasteiger partial charge in [-0.1, -0.05) is 42.5 Å². The first kappa shape index (κ1) is 21.1. The molecule has 2 aromatic heterocycles. The standard InChI is InChI=1S/C23H18F3N5O/c24-23(25,26)19-7-4-8-20(30-19)31-21-13-16(9-12-28-21)22(32)29-18-14-27-11-10-17(18)15-5-2-1-3-6-15/h1-14,19,30H,(H,28,31)(H,29,32). The van der Waals surface area contributed by atoms with E-state index in [0.29, 0.717) is 5.69 Å². The Balaban J connectivity index is 1.50. The number of dihydropyridines is 1. The first-order chi connectivity index (χ1) is 15.4. The molecule has 6 nitrogen and oxygen atoms in total. The van der Waals surface area contributed by atoms with E-state index in [1.165, 1.54) is 30.5 Å². The van der Waals surface area contributed by atoms with Crippen LogP contribution in [0.2, 0.25) is 0 Å². The summed E-state index contributed by atoms with van der Waals surface area (Å²) in [5.74, 6) is -0.0557. The second-order valence-corrected chi connectivity index (χ2v) is 6.93. The number of benzene rings is 1. The summed E-state index contributed by atoms with van der Waals surface area (Å²) in [6.07, 6.45) is 3.95. The molecule has 0 saturated carbocycles. The molecule has 1 unspecified atom stereocenters. The Morgan fingerprint density at radius 3 is 2.66 bits per heavy atom. The van der Waals surface area contributed by atoms with Gasteiger partial charge in [-0.3, -0.25) is 9.78 Å². The molecule has 1 aromatic carbocycles. The maximum absolute atomic E-state index is 12.9. The van der Waals surface area contributed by atoms with Crippen molar-refractivity contribution in [3.63, 3.8) is 0 Å². The normalized spacial score (nSPS) is 15.5. The average molecular weight is 437 g/mol. The summed E-state index contributed by atoms with van der Waals surface area (Å²) in [7, 11) is 0. The lowest BCUT2D eigenvalue weighted by atomic mass is 10.1. The number of rotatable bonds is 5. The lowest BCUT2D eigenvalue weighted by molar-refractivity contribution is -0.142. The van der Waals surface area contributed by atoms with Crippen LogP contribution in [0.25, 0.3) is 11.1 Å². The van der Waals surface area contributed by atoms with E-state index >= 15 is 0 Å². The number of aromatic nitrogens is 2. The second-order valence-electron chi connectivity index (χ2n) is 6.93. The Morgan fingerprint density at radius 1 is 1.06 bits per heavy atom. The first-order valence-electron chi connectivity index (χ1n) is 9.66. The van der Waals surface area contributed by atoms with Gasteiger partial charge in [0.1, 0.15) is 17.7 Å².